The maximum atomic E-state index is 13.4. The van der Waals surface area contributed by atoms with Crippen LogP contribution in [0.3, 0.4) is 0 Å². The van der Waals surface area contributed by atoms with Crippen molar-refractivity contribution in [2.24, 2.45) is 0 Å². The highest BCUT2D eigenvalue weighted by molar-refractivity contribution is 5.88. The molecule has 4 nitrogen and oxygen atoms in total. The number of amides is 2. The number of halogens is 1. The van der Waals surface area contributed by atoms with Crippen LogP contribution in [0, 0.1) is 12.7 Å². The van der Waals surface area contributed by atoms with Gasteiger partial charge in [0.2, 0.25) is 11.8 Å². The third-order valence-corrected chi connectivity index (χ3v) is 5.96. The molecular weight excluding hydrogens is 379 g/mol. The molecule has 0 radical (unpaired) electrons. The quantitative estimate of drug-likeness (QED) is 0.694. The van der Waals surface area contributed by atoms with Crippen LogP contribution in [0.2, 0.25) is 0 Å². The van der Waals surface area contributed by atoms with Gasteiger partial charge in [0, 0.05) is 12.6 Å². The molecule has 2 amide bonds. The van der Waals surface area contributed by atoms with Gasteiger partial charge in [0.15, 0.2) is 0 Å². The molecule has 0 spiro atoms. The number of benzene rings is 2. The Morgan fingerprint density at radius 2 is 1.77 bits per heavy atom. The van der Waals surface area contributed by atoms with Gasteiger partial charge in [-0.15, -0.1) is 0 Å². The van der Waals surface area contributed by atoms with E-state index in [1.165, 1.54) is 12.1 Å². The second kappa shape index (κ2) is 10.4. The predicted molar refractivity (Wildman–Crippen MR) is 116 cm³/mol. The van der Waals surface area contributed by atoms with Crippen LogP contribution in [0.4, 0.5) is 4.39 Å². The molecule has 1 N–H and O–H groups in total. The second-order valence-corrected chi connectivity index (χ2v) is 8.17. The van der Waals surface area contributed by atoms with Crippen molar-refractivity contribution in [1.29, 1.82) is 0 Å². The number of carbonyl (C=O) groups excluding carboxylic acids is 2. The summed E-state index contributed by atoms with van der Waals surface area (Å²) in [6.45, 7) is 4.19. The lowest BCUT2D eigenvalue weighted by Gasteiger charge is -2.31. The molecule has 0 bridgehead atoms. The normalized spacial score (nSPS) is 15.0. The van der Waals surface area contributed by atoms with Crippen LogP contribution in [0.5, 0.6) is 0 Å². The van der Waals surface area contributed by atoms with E-state index in [0.29, 0.717) is 6.42 Å². The van der Waals surface area contributed by atoms with E-state index < -0.39 is 6.04 Å². The van der Waals surface area contributed by atoms with E-state index in [9.17, 15) is 14.0 Å². The molecule has 1 aliphatic rings. The van der Waals surface area contributed by atoms with Gasteiger partial charge in [-0.2, -0.15) is 0 Å². The second-order valence-electron chi connectivity index (χ2n) is 8.17. The van der Waals surface area contributed by atoms with E-state index in [-0.39, 0.29) is 36.6 Å². The molecule has 0 unspecified atom stereocenters. The molecule has 2 aromatic carbocycles. The third-order valence-electron chi connectivity index (χ3n) is 5.96. The maximum Gasteiger partial charge on any atom is 0.243 e. The molecule has 5 heteroatoms. The summed E-state index contributed by atoms with van der Waals surface area (Å²) in [5, 5.41) is 3.14. The van der Waals surface area contributed by atoms with Gasteiger partial charge >= 0.3 is 0 Å². The van der Waals surface area contributed by atoms with Crippen LogP contribution in [0.15, 0.2) is 48.5 Å². The van der Waals surface area contributed by atoms with Crippen molar-refractivity contribution < 1.29 is 14.0 Å². The molecule has 1 saturated carbocycles. The lowest BCUT2D eigenvalue weighted by molar-refractivity contribution is -0.141. The van der Waals surface area contributed by atoms with Crippen LogP contribution >= 0.6 is 0 Å². The lowest BCUT2D eigenvalue weighted by atomic mass is 10.0. The summed E-state index contributed by atoms with van der Waals surface area (Å²) < 4.78 is 13.4. The minimum Gasteiger partial charge on any atom is -0.352 e. The molecule has 1 fully saturated rings. The Kier molecular flexibility index (Phi) is 7.61. The highest BCUT2D eigenvalue weighted by atomic mass is 19.1. The van der Waals surface area contributed by atoms with Crippen molar-refractivity contribution in [2.45, 2.75) is 71.0 Å². The molecule has 1 aliphatic carbocycles. The molecule has 1 atom stereocenters. The fourth-order valence-corrected chi connectivity index (χ4v) is 4.15. The average Bonchev–Trinajstić information content (AvgIpc) is 3.24. The van der Waals surface area contributed by atoms with Crippen molar-refractivity contribution in [3.8, 4) is 0 Å². The molecule has 0 aliphatic heterocycles. The Morgan fingerprint density at radius 3 is 2.40 bits per heavy atom. The van der Waals surface area contributed by atoms with E-state index in [1.54, 1.807) is 17.0 Å². The van der Waals surface area contributed by atoms with E-state index in [1.807, 2.05) is 38.1 Å². The summed E-state index contributed by atoms with van der Waals surface area (Å²) >= 11 is 0. The Balaban J connectivity index is 1.82. The van der Waals surface area contributed by atoms with Gasteiger partial charge in [0.25, 0.3) is 0 Å². The van der Waals surface area contributed by atoms with Crippen LogP contribution < -0.4 is 5.32 Å². The minimum absolute atomic E-state index is 0.0929. The van der Waals surface area contributed by atoms with E-state index in [2.05, 4.69) is 5.32 Å². The molecule has 0 saturated heterocycles. The summed E-state index contributed by atoms with van der Waals surface area (Å²) in [6.07, 6.45) is 5.02. The Hall–Kier alpha value is -2.69. The average molecular weight is 411 g/mol. The summed E-state index contributed by atoms with van der Waals surface area (Å²) in [6, 6.07) is 13.6. The van der Waals surface area contributed by atoms with Crippen molar-refractivity contribution in [1.82, 2.24) is 10.2 Å². The number of hydrogen-bond donors (Lipinski definition) is 1. The number of hydrogen-bond acceptors (Lipinski definition) is 2. The largest absolute Gasteiger partial charge is 0.352 e. The van der Waals surface area contributed by atoms with Crippen molar-refractivity contribution in [3.63, 3.8) is 0 Å². The smallest absolute Gasteiger partial charge is 0.243 e. The molecule has 3 rings (SSSR count). The number of rotatable bonds is 8. The lowest BCUT2D eigenvalue weighted by Crippen LogP contribution is -2.51. The predicted octanol–water partition coefficient (Wildman–Crippen LogP) is 4.54. The van der Waals surface area contributed by atoms with Gasteiger partial charge < -0.3 is 10.2 Å². The summed E-state index contributed by atoms with van der Waals surface area (Å²) in [5.41, 5.74) is 2.82. The van der Waals surface area contributed by atoms with Crippen molar-refractivity contribution in [2.75, 3.05) is 0 Å². The number of aryl methyl sites for hydroxylation is 1. The van der Waals surface area contributed by atoms with Gasteiger partial charge in [-0.1, -0.05) is 56.2 Å². The summed E-state index contributed by atoms with van der Waals surface area (Å²) in [5.74, 6) is -0.505. The monoisotopic (exact) mass is 410 g/mol. The van der Waals surface area contributed by atoms with Crippen LogP contribution in [-0.2, 0) is 22.6 Å². The maximum absolute atomic E-state index is 13.4. The summed E-state index contributed by atoms with van der Waals surface area (Å²) in [7, 11) is 0. The first-order chi connectivity index (χ1) is 14.5. The van der Waals surface area contributed by atoms with Gasteiger partial charge in [0.1, 0.15) is 11.9 Å². The number of carbonyl (C=O) groups is 2. The number of nitrogens with one attached hydrogen (secondary N) is 1. The zero-order valence-electron chi connectivity index (χ0n) is 17.9. The molecule has 160 valence electrons. The minimum atomic E-state index is -0.549. The van der Waals surface area contributed by atoms with Crippen molar-refractivity contribution in [3.05, 3.63) is 71.0 Å². The SMILES string of the molecule is CC[C@H](C(=O)NC1CCCC1)N(Cc1ccc(F)cc1)C(=O)Cc1ccccc1C. The fourth-order valence-electron chi connectivity index (χ4n) is 4.15. The molecule has 30 heavy (non-hydrogen) atoms. The number of nitrogens with zero attached hydrogens (tertiary/aromatic N) is 1. The molecular formula is C25H31FN2O2. The zero-order valence-corrected chi connectivity index (χ0v) is 17.9. The first-order valence-electron chi connectivity index (χ1n) is 10.9. The van der Waals surface area contributed by atoms with Crippen LogP contribution in [0.1, 0.15) is 55.7 Å². The molecule has 0 heterocycles. The van der Waals surface area contributed by atoms with Gasteiger partial charge in [-0.3, -0.25) is 9.59 Å². The highest BCUT2D eigenvalue weighted by Gasteiger charge is 2.30. The molecule has 2 aromatic rings. The third kappa shape index (κ3) is 5.68. The van der Waals surface area contributed by atoms with E-state index >= 15 is 0 Å². The van der Waals surface area contributed by atoms with Gasteiger partial charge in [0.05, 0.1) is 6.42 Å². The first-order valence-corrected chi connectivity index (χ1v) is 10.9. The van der Waals surface area contributed by atoms with Crippen molar-refractivity contribution >= 4 is 11.8 Å². The van der Waals surface area contributed by atoms with Gasteiger partial charge in [-0.05, 0) is 55.0 Å². The van der Waals surface area contributed by atoms with Crippen LogP contribution in [-0.4, -0.2) is 28.8 Å². The Bertz CT molecular complexity index is 860. The van der Waals surface area contributed by atoms with E-state index in [4.69, 9.17) is 0 Å². The summed E-state index contributed by atoms with van der Waals surface area (Å²) in [4.78, 5) is 28.1. The first kappa shape index (κ1) is 22.0. The Labute approximate surface area is 178 Å². The Morgan fingerprint density at radius 1 is 1.10 bits per heavy atom. The highest BCUT2D eigenvalue weighted by Crippen LogP contribution is 2.20. The van der Waals surface area contributed by atoms with E-state index in [0.717, 1.165) is 42.4 Å². The van der Waals surface area contributed by atoms with Gasteiger partial charge in [-0.25, -0.2) is 4.39 Å². The van der Waals surface area contributed by atoms with Crippen LogP contribution in [0.25, 0.3) is 0 Å². The standard InChI is InChI=1S/C25H31FN2O2/c1-3-23(25(30)27-22-10-6-7-11-22)28(17-19-12-14-21(26)15-13-19)24(29)16-20-9-5-4-8-18(20)2/h4-5,8-9,12-15,22-23H,3,6-7,10-11,16-17H2,1-2H3,(H,27,30)/t23-/m1/s1. The topological polar surface area (TPSA) is 49.4 Å². The molecule has 0 aromatic heterocycles. The fraction of sp³-hybridized carbons (Fsp3) is 0.440. The zero-order chi connectivity index (χ0) is 21.5.